The van der Waals surface area contributed by atoms with Gasteiger partial charge in [0.25, 0.3) is 11.8 Å². The van der Waals surface area contributed by atoms with Crippen LogP contribution in [0.15, 0.2) is 24.3 Å². The fourth-order valence-corrected chi connectivity index (χ4v) is 3.38. The van der Waals surface area contributed by atoms with Crippen LogP contribution < -0.4 is 5.32 Å². The lowest BCUT2D eigenvalue weighted by Crippen LogP contribution is -2.33. The van der Waals surface area contributed by atoms with Gasteiger partial charge in [0.05, 0.1) is 70.0 Å². The number of fused-ring (bicyclic) bond motifs is 1. The molecule has 2 aliphatic rings. The second-order valence-electron chi connectivity index (χ2n) is 6.96. The smallest absolute Gasteiger partial charge is 0.261 e. The van der Waals surface area contributed by atoms with Gasteiger partial charge in [0.1, 0.15) is 0 Å². The van der Waals surface area contributed by atoms with E-state index in [2.05, 4.69) is 5.32 Å². The largest absolute Gasteiger partial charge is 0.377 e. The van der Waals surface area contributed by atoms with E-state index in [0.29, 0.717) is 63.5 Å². The van der Waals surface area contributed by atoms with E-state index in [0.717, 1.165) is 25.9 Å². The molecule has 0 saturated carbocycles. The molecule has 1 aromatic carbocycles. The Morgan fingerprint density at radius 2 is 1.31 bits per heavy atom. The van der Waals surface area contributed by atoms with Crippen LogP contribution in [0.1, 0.15) is 33.6 Å². The number of ether oxygens (including phenoxy) is 4. The Bertz CT molecular complexity index is 627. The highest BCUT2D eigenvalue weighted by Crippen LogP contribution is 2.21. The molecule has 1 N–H and O–H groups in total. The van der Waals surface area contributed by atoms with Gasteiger partial charge in [-0.05, 0) is 38.1 Å². The van der Waals surface area contributed by atoms with Crippen LogP contribution in [-0.2, 0) is 18.9 Å². The van der Waals surface area contributed by atoms with Crippen LogP contribution >= 0.6 is 0 Å². The lowest BCUT2D eigenvalue weighted by Gasteiger charge is -2.22. The Morgan fingerprint density at radius 1 is 0.793 bits per heavy atom. The van der Waals surface area contributed by atoms with Crippen molar-refractivity contribution in [2.24, 2.45) is 0 Å². The van der Waals surface area contributed by atoms with Crippen molar-refractivity contribution >= 4 is 11.8 Å². The molecule has 29 heavy (non-hydrogen) atoms. The highest BCUT2D eigenvalue weighted by atomic mass is 16.6. The van der Waals surface area contributed by atoms with Gasteiger partial charge in [0.2, 0.25) is 0 Å². The number of hydrogen-bond donors (Lipinski definition) is 1. The third-order valence-electron chi connectivity index (χ3n) is 4.95. The van der Waals surface area contributed by atoms with Crippen LogP contribution in [0.5, 0.6) is 0 Å². The zero-order valence-corrected chi connectivity index (χ0v) is 16.8. The lowest BCUT2D eigenvalue weighted by atomic mass is 10.1. The van der Waals surface area contributed by atoms with Crippen molar-refractivity contribution in [1.29, 1.82) is 0 Å². The van der Waals surface area contributed by atoms with Crippen LogP contribution in [0.3, 0.4) is 0 Å². The number of benzene rings is 1. The molecule has 0 unspecified atom stereocenters. The highest BCUT2D eigenvalue weighted by Gasteiger charge is 2.34. The monoisotopic (exact) mass is 406 g/mol. The predicted molar refractivity (Wildman–Crippen MR) is 106 cm³/mol. The van der Waals surface area contributed by atoms with Crippen molar-refractivity contribution in [2.45, 2.75) is 18.9 Å². The van der Waals surface area contributed by atoms with E-state index in [1.165, 1.54) is 4.90 Å². The fourth-order valence-electron chi connectivity index (χ4n) is 3.38. The van der Waals surface area contributed by atoms with E-state index < -0.39 is 0 Å². The molecule has 8 nitrogen and oxygen atoms in total. The van der Waals surface area contributed by atoms with Crippen molar-refractivity contribution < 1.29 is 28.5 Å². The Morgan fingerprint density at radius 3 is 1.90 bits per heavy atom. The predicted octanol–water partition coefficient (Wildman–Crippen LogP) is 1.10. The molecule has 8 heteroatoms. The summed E-state index contributed by atoms with van der Waals surface area (Å²) in [6, 6.07) is 6.86. The number of rotatable bonds is 13. The first kappa shape index (κ1) is 21.9. The molecule has 0 radical (unpaired) electrons. The average Bonchev–Trinajstić information content (AvgIpc) is 3.00. The molecule has 0 bridgehead atoms. The summed E-state index contributed by atoms with van der Waals surface area (Å²) in [6.45, 7) is 5.64. The maximum Gasteiger partial charge on any atom is 0.261 e. The van der Waals surface area contributed by atoms with E-state index in [9.17, 15) is 9.59 Å². The standard InChI is InChI=1S/C21H30N2O6/c24-20-18-3-1-2-4-19(18)21(25)23(20)9-10-26-11-12-27-13-14-28-15-16-29-17-5-7-22-8-6-17/h1-4,17,22H,5-16H2. The van der Waals surface area contributed by atoms with Gasteiger partial charge in [-0.15, -0.1) is 0 Å². The number of piperidine rings is 1. The quantitative estimate of drug-likeness (QED) is 0.388. The van der Waals surface area contributed by atoms with Gasteiger partial charge in [-0.25, -0.2) is 0 Å². The number of amides is 2. The van der Waals surface area contributed by atoms with Gasteiger partial charge in [-0.2, -0.15) is 0 Å². The molecular formula is C21H30N2O6. The third-order valence-corrected chi connectivity index (χ3v) is 4.95. The molecule has 0 aliphatic carbocycles. The molecule has 1 fully saturated rings. The second-order valence-corrected chi connectivity index (χ2v) is 6.96. The lowest BCUT2D eigenvalue weighted by molar-refractivity contribution is -0.0254. The van der Waals surface area contributed by atoms with Crippen LogP contribution in [0.4, 0.5) is 0 Å². The second kappa shape index (κ2) is 12.0. The molecule has 160 valence electrons. The summed E-state index contributed by atoms with van der Waals surface area (Å²) in [5.74, 6) is -0.515. The van der Waals surface area contributed by atoms with E-state index in [1.54, 1.807) is 24.3 Å². The summed E-state index contributed by atoms with van der Waals surface area (Å²) < 4.78 is 22.2. The zero-order valence-electron chi connectivity index (χ0n) is 16.8. The SMILES string of the molecule is O=C1c2ccccc2C(=O)N1CCOCCOCCOCCOC1CCNCC1. The first-order chi connectivity index (χ1) is 14.3. The Kier molecular flexibility index (Phi) is 9.04. The molecular weight excluding hydrogens is 376 g/mol. The van der Waals surface area contributed by atoms with Crippen molar-refractivity contribution in [3.05, 3.63) is 35.4 Å². The number of nitrogens with zero attached hydrogens (tertiary/aromatic N) is 1. The van der Waals surface area contributed by atoms with Crippen LogP contribution in [-0.4, -0.2) is 88.7 Å². The van der Waals surface area contributed by atoms with Crippen LogP contribution in [0.2, 0.25) is 0 Å². The van der Waals surface area contributed by atoms with Gasteiger partial charge < -0.3 is 24.3 Å². The first-order valence-corrected chi connectivity index (χ1v) is 10.3. The molecule has 3 rings (SSSR count). The van der Waals surface area contributed by atoms with Crippen LogP contribution in [0.25, 0.3) is 0 Å². The summed E-state index contributed by atoms with van der Waals surface area (Å²) in [5.41, 5.74) is 0.920. The molecule has 2 amide bonds. The average molecular weight is 406 g/mol. The van der Waals surface area contributed by atoms with Crippen molar-refractivity contribution in [1.82, 2.24) is 10.2 Å². The number of imide groups is 1. The Hall–Kier alpha value is -1.84. The van der Waals surface area contributed by atoms with Crippen molar-refractivity contribution in [3.8, 4) is 0 Å². The maximum atomic E-state index is 12.2. The molecule has 0 spiro atoms. The van der Waals surface area contributed by atoms with Gasteiger partial charge in [0.15, 0.2) is 0 Å². The molecule has 1 aromatic rings. The van der Waals surface area contributed by atoms with Gasteiger partial charge >= 0.3 is 0 Å². The summed E-state index contributed by atoms with van der Waals surface area (Å²) >= 11 is 0. The minimum atomic E-state index is -0.258. The Balaban J connectivity index is 1.13. The number of carbonyl (C=O) groups is 2. The number of hydrogen-bond acceptors (Lipinski definition) is 7. The van der Waals surface area contributed by atoms with E-state index in [1.807, 2.05) is 0 Å². The van der Waals surface area contributed by atoms with Gasteiger partial charge in [-0.1, -0.05) is 12.1 Å². The van der Waals surface area contributed by atoms with E-state index in [-0.39, 0.29) is 18.4 Å². The minimum Gasteiger partial charge on any atom is -0.377 e. The third kappa shape index (κ3) is 6.58. The summed E-state index contributed by atoms with van der Waals surface area (Å²) in [7, 11) is 0. The number of nitrogens with one attached hydrogen (secondary N) is 1. The molecule has 2 aliphatic heterocycles. The topological polar surface area (TPSA) is 86.3 Å². The van der Waals surface area contributed by atoms with E-state index >= 15 is 0 Å². The van der Waals surface area contributed by atoms with Crippen molar-refractivity contribution in [3.63, 3.8) is 0 Å². The Labute approximate surface area is 171 Å². The minimum absolute atomic E-state index is 0.243. The highest BCUT2D eigenvalue weighted by molar-refractivity contribution is 6.21. The molecule has 0 aromatic heterocycles. The normalized spacial score (nSPS) is 17.2. The number of carbonyl (C=O) groups excluding carboxylic acids is 2. The molecule has 1 saturated heterocycles. The van der Waals surface area contributed by atoms with Gasteiger partial charge in [0, 0.05) is 0 Å². The van der Waals surface area contributed by atoms with E-state index in [4.69, 9.17) is 18.9 Å². The van der Waals surface area contributed by atoms with Crippen molar-refractivity contribution in [2.75, 3.05) is 65.9 Å². The summed E-state index contributed by atoms with van der Waals surface area (Å²) in [4.78, 5) is 25.6. The summed E-state index contributed by atoms with van der Waals surface area (Å²) in [5, 5.41) is 3.31. The fraction of sp³-hybridized carbons (Fsp3) is 0.619. The zero-order chi connectivity index (χ0) is 20.3. The molecule has 0 atom stereocenters. The maximum absolute atomic E-state index is 12.2. The molecule has 2 heterocycles. The first-order valence-electron chi connectivity index (χ1n) is 10.3. The van der Waals surface area contributed by atoms with Gasteiger partial charge in [-0.3, -0.25) is 14.5 Å². The summed E-state index contributed by atoms with van der Waals surface area (Å²) in [6.07, 6.45) is 2.49. The van der Waals surface area contributed by atoms with Crippen LogP contribution in [0, 0.1) is 0 Å².